The first-order valence-electron chi connectivity index (χ1n) is 9.75. The molecule has 0 spiro atoms. The van der Waals surface area contributed by atoms with Gasteiger partial charge in [-0.05, 0) is 62.2 Å². The van der Waals surface area contributed by atoms with Gasteiger partial charge in [-0.1, -0.05) is 13.0 Å². The smallest absolute Gasteiger partial charge is 0.242 e. The van der Waals surface area contributed by atoms with E-state index in [1.807, 2.05) is 6.07 Å². The number of hydrogen-bond acceptors (Lipinski definition) is 3. The number of nitrogens with zero attached hydrogens (tertiary/aromatic N) is 2. The summed E-state index contributed by atoms with van der Waals surface area (Å²) in [5, 5.41) is 1.14. The summed E-state index contributed by atoms with van der Waals surface area (Å²) in [6, 6.07) is 13.9. The number of H-pyrrole nitrogens is 1. The molecule has 0 fully saturated rings. The highest BCUT2D eigenvalue weighted by Gasteiger charge is 2.21. The second-order valence-corrected chi connectivity index (χ2v) is 9.25. The lowest BCUT2D eigenvalue weighted by atomic mass is 10.1. The average Bonchev–Trinajstić information content (AvgIpc) is 3.11. The first kappa shape index (κ1) is 20.4. The molecular formula is C22H29N3O2S. The Hall–Kier alpha value is -2.31. The normalized spacial score (nSPS) is 12.1. The molecule has 1 heterocycles. The van der Waals surface area contributed by atoms with Crippen molar-refractivity contribution in [3.63, 3.8) is 0 Å². The Labute approximate surface area is 168 Å². The molecule has 5 nitrogen and oxygen atoms in total. The van der Waals surface area contributed by atoms with Crippen molar-refractivity contribution < 1.29 is 8.42 Å². The highest BCUT2D eigenvalue weighted by atomic mass is 32.2. The third kappa shape index (κ3) is 3.66. The molecule has 150 valence electrons. The van der Waals surface area contributed by atoms with Crippen molar-refractivity contribution in [3.8, 4) is 11.3 Å². The number of aromatic nitrogens is 1. The van der Waals surface area contributed by atoms with Gasteiger partial charge in [-0.25, -0.2) is 12.7 Å². The Bertz CT molecular complexity index is 1080. The van der Waals surface area contributed by atoms with Crippen LogP contribution in [-0.2, 0) is 16.4 Å². The van der Waals surface area contributed by atoms with Crippen molar-refractivity contribution in [2.75, 3.05) is 32.1 Å². The van der Waals surface area contributed by atoms with Crippen LogP contribution in [0.2, 0.25) is 0 Å². The molecule has 0 bridgehead atoms. The van der Waals surface area contributed by atoms with Crippen LogP contribution in [0.1, 0.15) is 26.3 Å². The van der Waals surface area contributed by atoms with E-state index in [2.05, 4.69) is 54.9 Å². The number of aryl methyl sites for hydroxylation is 1. The highest BCUT2D eigenvalue weighted by Crippen LogP contribution is 2.35. The minimum absolute atomic E-state index is 0.302. The van der Waals surface area contributed by atoms with Gasteiger partial charge in [0.1, 0.15) is 0 Å². The van der Waals surface area contributed by atoms with E-state index >= 15 is 0 Å². The molecule has 0 amide bonds. The summed E-state index contributed by atoms with van der Waals surface area (Å²) in [7, 11) is -0.387. The van der Waals surface area contributed by atoms with Crippen LogP contribution >= 0.6 is 0 Å². The van der Waals surface area contributed by atoms with Gasteiger partial charge in [-0.2, -0.15) is 0 Å². The first-order chi connectivity index (χ1) is 13.3. The van der Waals surface area contributed by atoms with E-state index in [0.29, 0.717) is 4.90 Å². The largest absolute Gasteiger partial charge is 0.372 e. The Morgan fingerprint density at radius 1 is 0.929 bits per heavy atom. The van der Waals surface area contributed by atoms with E-state index in [9.17, 15) is 8.42 Å². The van der Waals surface area contributed by atoms with E-state index in [-0.39, 0.29) is 0 Å². The van der Waals surface area contributed by atoms with Crippen LogP contribution < -0.4 is 4.90 Å². The maximum atomic E-state index is 12.7. The number of rotatable bonds is 7. The van der Waals surface area contributed by atoms with Gasteiger partial charge in [0.15, 0.2) is 0 Å². The molecule has 2 aromatic carbocycles. The fraction of sp³-hybridized carbons (Fsp3) is 0.364. The summed E-state index contributed by atoms with van der Waals surface area (Å²) >= 11 is 0. The molecule has 6 heteroatoms. The van der Waals surface area contributed by atoms with Crippen LogP contribution in [0.25, 0.3) is 22.2 Å². The number of aromatic amines is 1. The fourth-order valence-electron chi connectivity index (χ4n) is 3.49. The summed E-state index contributed by atoms with van der Waals surface area (Å²) in [5.41, 5.74) is 5.20. The summed E-state index contributed by atoms with van der Waals surface area (Å²) in [6.45, 7) is 8.06. The zero-order chi connectivity index (χ0) is 20.5. The van der Waals surface area contributed by atoms with Crippen LogP contribution in [0.3, 0.4) is 0 Å². The van der Waals surface area contributed by atoms with Gasteiger partial charge < -0.3 is 9.88 Å². The van der Waals surface area contributed by atoms with Crippen molar-refractivity contribution in [1.82, 2.24) is 9.29 Å². The Balaban J connectivity index is 2.23. The second kappa shape index (κ2) is 7.97. The molecule has 0 saturated carbocycles. The quantitative estimate of drug-likeness (QED) is 0.637. The summed E-state index contributed by atoms with van der Waals surface area (Å²) in [4.78, 5) is 6.02. The maximum absolute atomic E-state index is 12.7. The SMILES string of the molecule is CCc1ccc2[nH]c(-c3cc(S(=O)(=O)N(C)C)ccc3N(CC)CC)cc2c1. The minimum Gasteiger partial charge on any atom is -0.372 e. The lowest BCUT2D eigenvalue weighted by Crippen LogP contribution is -2.24. The van der Waals surface area contributed by atoms with Gasteiger partial charge >= 0.3 is 0 Å². The average molecular weight is 400 g/mol. The van der Waals surface area contributed by atoms with Crippen molar-refractivity contribution in [1.29, 1.82) is 0 Å². The lowest BCUT2D eigenvalue weighted by Gasteiger charge is -2.25. The van der Waals surface area contributed by atoms with Crippen LogP contribution in [0, 0.1) is 0 Å². The van der Waals surface area contributed by atoms with Crippen molar-refractivity contribution in [2.24, 2.45) is 0 Å². The standard InChI is InChI=1S/C22H29N3O2S/c1-6-16-9-11-20-17(13-16)14-21(23-20)19-15-18(28(26,27)24(4)5)10-12-22(19)25(7-2)8-3/h9-15,23H,6-8H2,1-5H3. The Morgan fingerprint density at radius 2 is 1.64 bits per heavy atom. The van der Waals surface area contributed by atoms with Gasteiger partial charge in [0, 0.05) is 55.0 Å². The summed E-state index contributed by atoms with van der Waals surface area (Å²) < 4.78 is 26.6. The number of anilines is 1. The number of fused-ring (bicyclic) bond motifs is 1. The molecule has 3 rings (SSSR count). The van der Waals surface area contributed by atoms with Gasteiger partial charge in [-0.15, -0.1) is 0 Å². The predicted molar refractivity (Wildman–Crippen MR) is 118 cm³/mol. The maximum Gasteiger partial charge on any atom is 0.242 e. The third-order valence-corrected chi connectivity index (χ3v) is 7.05. The number of sulfonamides is 1. The van der Waals surface area contributed by atoms with Gasteiger partial charge in [0.25, 0.3) is 0 Å². The predicted octanol–water partition coefficient (Wildman–Crippen LogP) is 4.49. The zero-order valence-electron chi connectivity index (χ0n) is 17.3. The molecule has 0 radical (unpaired) electrons. The van der Waals surface area contributed by atoms with Crippen LogP contribution in [0.15, 0.2) is 47.4 Å². The number of nitrogens with one attached hydrogen (secondary N) is 1. The molecule has 1 aromatic heterocycles. The van der Waals surface area contributed by atoms with E-state index in [1.165, 1.54) is 9.87 Å². The minimum atomic E-state index is -3.50. The van der Waals surface area contributed by atoms with E-state index in [0.717, 1.165) is 47.4 Å². The summed E-state index contributed by atoms with van der Waals surface area (Å²) in [6.07, 6.45) is 0.984. The van der Waals surface area contributed by atoms with Gasteiger partial charge in [-0.3, -0.25) is 0 Å². The molecule has 0 atom stereocenters. The van der Waals surface area contributed by atoms with Gasteiger partial charge in [0.05, 0.1) is 4.90 Å². The molecule has 1 N–H and O–H groups in total. The fourth-order valence-corrected chi connectivity index (χ4v) is 4.42. The molecular weight excluding hydrogens is 370 g/mol. The molecule has 0 aliphatic carbocycles. The third-order valence-electron chi connectivity index (χ3n) is 5.23. The molecule has 0 saturated heterocycles. The van der Waals surface area contributed by atoms with E-state index in [4.69, 9.17) is 0 Å². The molecule has 0 aliphatic heterocycles. The Kier molecular flexibility index (Phi) is 5.82. The summed E-state index contributed by atoms with van der Waals surface area (Å²) in [5.74, 6) is 0. The number of benzene rings is 2. The highest BCUT2D eigenvalue weighted by molar-refractivity contribution is 7.89. The Morgan fingerprint density at radius 3 is 2.25 bits per heavy atom. The first-order valence-corrected chi connectivity index (χ1v) is 11.2. The van der Waals surface area contributed by atoms with Crippen molar-refractivity contribution >= 4 is 26.6 Å². The monoisotopic (exact) mass is 399 g/mol. The lowest BCUT2D eigenvalue weighted by molar-refractivity contribution is 0.521. The zero-order valence-corrected chi connectivity index (χ0v) is 18.1. The van der Waals surface area contributed by atoms with Crippen molar-refractivity contribution in [2.45, 2.75) is 32.1 Å². The van der Waals surface area contributed by atoms with Crippen LogP contribution in [-0.4, -0.2) is 44.9 Å². The van der Waals surface area contributed by atoms with Crippen LogP contribution in [0.4, 0.5) is 5.69 Å². The van der Waals surface area contributed by atoms with Crippen molar-refractivity contribution in [3.05, 3.63) is 48.0 Å². The number of hydrogen-bond donors (Lipinski definition) is 1. The molecule has 0 aliphatic rings. The molecule has 0 unspecified atom stereocenters. The second-order valence-electron chi connectivity index (χ2n) is 7.10. The topological polar surface area (TPSA) is 56.4 Å². The molecule has 28 heavy (non-hydrogen) atoms. The van der Waals surface area contributed by atoms with E-state index in [1.54, 1.807) is 26.2 Å². The van der Waals surface area contributed by atoms with E-state index < -0.39 is 10.0 Å². The van der Waals surface area contributed by atoms with Crippen LogP contribution in [0.5, 0.6) is 0 Å². The van der Waals surface area contributed by atoms with Gasteiger partial charge in [0.2, 0.25) is 10.0 Å². The molecule has 3 aromatic rings.